The Morgan fingerprint density at radius 1 is 1.03 bits per heavy atom. The summed E-state index contributed by atoms with van der Waals surface area (Å²) in [6.45, 7) is 2.87. The number of methoxy groups -OCH3 is 1. The molecule has 2 aromatic carbocycles. The molecule has 0 bridgehead atoms. The summed E-state index contributed by atoms with van der Waals surface area (Å²) in [6, 6.07) is 18.9. The quantitative estimate of drug-likeness (QED) is 0.685. The number of aryl methyl sites for hydroxylation is 1. The number of carbonyl (C=O) groups is 1. The Labute approximate surface area is 181 Å². The smallest absolute Gasteiger partial charge is 0.274 e. The molecular formula is C24H27N3O4. The van der Waals surface area contributed by atoms with E-state index in [2.05, 4.69) is 5.10 Å². The van der Waals surface area contributed by atoms with Crippen molar-refractivity contribution in [3.05, 3.63) is 72.1 Å². The van der Waals surface area contributed by atoms with Crippen LogP contribution in [0, 0.1) is 6.92 Å². The second-order valence-electron chi connectivity index (χ2n) is 7.69. The van der Waals surface area contributed by atoms with Crippen molar-refractivity contribution in [2.75, 3.05) is 20.2 Å². The number of aliphatic hydroxyl groups is 1. The first-order chi connectivity index (χ1) is 15.0. The molecule has 1 amide bonds. The maximum Gasteiger partial charge on any atom is 0.274 e. The van der Waals surface area contributed by atoms with Crippen LogP contribution >= 0.6 is 0 Å². The second kappa shape index (κ2) is 9.22. The Bertz CT molecular complexity index is 1030. The molecule has 0 spiro atoms. The lowest BCUT2D eigenvalue weighted by molar-refractivity contribution is 0.0349. The molecule has 2 atom stereocenters. The summed E-state index contributed by atoms with van der Waals surface area (Å²) in [5, 5.41) is 15.1. The summed E-state index contributed by atoms with van der Waals surface area (Å²) in [5.41, 5.74) is 2.21. The average Bonchev–Trinajstić information content (AvgIpc) is 3.10. The Morgan fingerprint density at radius 3 is 2.55 bits per heavy atom. The van der Waals surface area contributed by atoms with Crippen LogP contribution in [-0.4, -0.2) is 58.1 Å². The fraction of sp³-hybridized carbons (Fsp3) is 0.333. The maximum absolute atomic E-state index is 13.1. The average molecular weight is 421 g/mol. The fourth-order valence-electron chi connectivity index (χ4n) is 3.82. The fourth-order valence-corrected chi connectivity index (χ4v) is 3.82. The summed E-state index contributed by atoms with van der Waals surface area (Å²) in [5.74, 6) is 1.20. The van der Waals surface area contributed by atoms with E-state index < -0.39 is 12.2 Å². The number of aliphatic hydroxyl groups excluding tert-OH is 1. The zero-order valence-electron chi connectivity index (χ0n) is 17.8. The molecular weight excluding hydrogens is 394 g/mol. The molecule has 4 rings (SSSR count). The highest BCUT2D eigenvalue weighted by Crippen LogP contribution is 2.24. The standard InChI is InChI=1S/C24H27N3O4/c1-17-15-21(25-27(17)18-7-4-3-5-8-18)24(29)26-13-11-22(28)23(12-14-26)31-20-10-6-9-19(16-20)30-2/h3-10,15-16,22-23,28H,11-14H2,1-2H3/t22-,23-/m0/s1. The minimum Gasteiger partial charge on any atom is -0.497 e. The SMILES string of the molecule is COc1cccc(O[C@H]2CCN(C(=O)c3cc(C)n(-c4ccccc4)n3)CC[C@@H]2O)c1. The van der Waals surface area contributed by atoms with E-state index in [0.717, 1.165) is 11.4 Å². The summed E-state index contributed by atoms with van der Waals surface area (Å²) in [4.78, 5) is 14.9. The van der Waals surface area contributed by atoms with Crippen molar-refractivity contribution in [1.82, 2.24) is 14.7 Å². The molecule has 0 aliphatic carbocycles. The third kappa shape index (κ3) is 4.72. The second-order valence-corrected chi connectivity index (χ2v) is 7.69. The molecule has 0 saturated carbocycles. The number of rotatable bonds is 5. The molecule has 3 aromatic rings. The van der Waals surface area contributed by atoms with Crippen molar-refractivity contribution in [3.63, 3.8) is 0 Å². The van der Waals surface area contributed by atoms with E-state index in [1.807, 2.05) is 55.5 Å². The van der Waals surface area contributed by atoms with E-state index in [-0.39, 0.29) is 5.91 Å². The zero-order chi connectivity index (χ0) is 21.8. The molecule has 1 fully saturated rings. The largest absolute Gasteiger partial charge is 0.497 e. The number of benzene rings is 2. The molecule has 162 valence electrons. The first-order valence-electron chi connectivity index (χ1n) is 10.5. The first kappa shape index (κ1) is 20.9. The van der Waals surface area contributed by atoms with Crippen LogP contribution in [0.2, 0.25) is 0 Å². The highest BCUT2D eigenvalue weighted by atomic mass is 16.5. The van der Waals surface area contributed by atoms with Crippen LogP contribution in [0.1, 0.15) is 29.0 Å². The molecule has 31 heavy (non-hydrogen) atoms. The van der Waals surface area contributed by atoms with Gasteiger partial charge in [0.05, 0.1) is 18.9 Å². The molecule has 0 radical (unpaired) electrons. The Balaban J connectivity index is 1.45. The number of amides is 1. The summed E-state index contributed by atoms with van der Waals surface area (Å²) < 4.78 is 13.0. The van der Waals surface area contributed by atoms with Gasteiger partial charge in [0.2, 0.25) is 0 Å². The minimum absolute atomic E-state index is 0.132. The Morgan fingerprint density at radius 2 is 1.77 bits per heavy atom. The summed E-state index contributed by atoms with van der Waals surface area (Å²) >= 11 is 0. The van der Waals surface area contributed by atoms with Gasteiger partial charge in [0.25, 0.3) is 5.91 Å². The van der Waals surface area contributed by atoms with E-state index in [9.17, 15) is 9.90 Å². The van der Waals surface area contributed by atoms with Crippen LogP contribution < -0.4 is 9.47 Å². The number of carbonyl (C=O) groups excluding carboxylic acids is 1. The molecule has 1 N–H and O–H groups in total. The van der Waals surface area contributed by atoms with Gasteiger partial charge < -0.3 is 19.5 Å². The lowest BCUT2D eigenvalue weighted by atomic mass is 10.1. The van der Waals surface area contributed by atoms with Gasteiger partial charge >= 0.3 is 0 Å². The zero-order valence-corrected chi connectivity index (χ0v) is 17.8. The van der Waals surface area contributed by atoms with Crippen molar-refractivity contribution in [2.45, 2.75) is 32.0 Å². The molecule has 0 unspecified atom stereocenters. The van der Waals surface area contributed by atoms with Gasteiger partial charge in [-0.2, -0.15) is 5.10 Å². The van der Waals surface area contributed by atoms with E-state index >= 15 is 0 Å². The van der Waals surface area contributed by atoms with Gasteiger partial charge in [-0.1, -0.05) is 24.3 Å². The van der Waals surface area contributed by atoms with Gasteiger partial charge in [0.1, 0.15) is 17.6 Å². The van der Waals surface area contributed by atoms with E-state index in [1.165, 1.54) is 0 Å². The maximum atomic E-state index is 13.1. The van der Waals surface area contributed by atoms with Crippen LogP contribution in [0.3, 0.4) is 0 Å². The molecule has 1 aliphatic heterocycles. The first-order valence-corrected chi connectivity index (χ1v) is 10.5. The molecule has 1 aliphatic rings. The monoisotopic (exact) mass is 421 g/mol. The van der Waals surface area contributed by atoms with Gasteiger partial charge in [-0.3, -0.25) is 4.79 Å². The normalized spacial score (nSPS) is 19.0. The van der Waals surface area contributed by atoms with Crippen LogP contribution in [0.5, 0.6) is 11.5 Å². The van der Waals surface area contributed by atoms with Crippen LogP contribution in [-0.2, 0) is 0 Å². The number of hydrogen-bond donors (Lipinski definition) is 1. The lowest BCUT2D eigenvalue weighted by Gasteiger charge is -2.22. The molecule has 7 nitrogen and oxygen atoms in total. The molecule has 7 heteroatoms. The van der Waals surface area contributed by atoms with Crippen LogP contribution in [0.25, 0.3) is 5.69 Å². The number of aromatic nitrogens is 2. The lowest BCUT2D eigenvalue weighted by Crippen LogP contribution is -2.33. The highest BCUT2D eigenvalue weighted by molar-refractivity contribution is 5.92. The van der Waals surface area contributed by atoms with E-state index in [0.29, 0.717) is 43.1 Å². The van der Waals surface area contributed by atoms with Gasteiger partial charge in [0, 0.05) is 31.3 Å². The third-order valence-electron chi connectivity index (χ3n) is 5.53. The van der Waals surface area contributed by atoms with Gasteiger partial charge in [-0.15, -0.1) is 0 Å². The van der Waals surface area contributed by atoms with E-state index in [4.69, 9.17) is 9.47 Å². The Kier molecular flexibility index (Phi) is 6.23. The highest BCUT2D eigenvalue weighted by Gasteiger charge is 2.30. The third-order valence-corrected chi connectivity index (χ3v) is 5.53. The number of hydrogen-bond acceptors (Lipinski definition) is 5. The number of ether oxygens (including phenoxy) is 2. The predicted octanol–water partition coefficient (Wildman–Crippen LogP) is 3.23. The summed E-state index contributed by atoms with van der Waals surface area (Å²) in [7, 11) is 1.60. The van der Waals surface area contributed by atoms with Crippen molar-refractivity contribution in [3.8, 4) is 17.2 Å². The number of likely N-dealkylation sites (tertiary alicyclic amines) is 1. The van der Waals surface area contributed by atoms with Gasteiger partial charge in [0.15, 0.2) is 5.69 Å². The minimum atomic E-state index is -0.660. The molecule has 2 heterocycles. The topological polar surface area (TPSA) is 76.8 Å². The van der Waals surface area contributed by atoms with Crippen LogP contribution in [0.15, 0.2) is 60.7 Å². The van der Waals surface area contributed by atoms with Gasteiger partial charge in [-0.05, 0) is 43.7 Å². The molecule has 1 aromatic heterocycles. The van der Waals surface area contributed by atoms with Crippen molar-refractivity contribution in [1.29, 1.82) is 0 Å². The van der Waals surface area contributed by atoms with Crippen molar-refractivity contribution < 1.29 is 19.4 Å². The van der Waals surface area contributed by atoms with Crippen LogP contribution in [0.4, 0.5) is 0 Å². The summed E-state index contributed by atoms with van der Waals surface area (Å²) in [6.07, 6.45) is -0.0811. The van der Waals surface area contributed by atoms with Gasteiger partial charge in [-0.25, -0.2) is 4.68 Å². The van der Waals surface area contributed by atoms with Crippen molar-refractivity contribution >= 4 is 5.91 Å². The number of para-hydroxylation sites is 1. The predicted molar refractivity (Wildman–Crippen MR) is 117 cm³/mol. The Hall–Kier alpha value is -3.32. The van der Waals surface area contributed by atoms with Crippen molar-refractivity contribution in [2.24, 2.45) is 0 Å². The molecule has 1 saturated heterocycles. The van der Waals surface area contributed by atoms with E-state index in [1.54, 1.807) is 28.8 Å². The number of nitrogens with zero attached hydrogens (tertiary/aromatic N) is 3.